The lowest BCUT2D eigenvalue weighted by Gasteiger charge is -2.28. The molecule has 0 bridgehead atoms. The van der Waals surface area contributed by atoms with Gasteiger partial charge in [0.15, 0.2) is 0 Å². The van der Waals surface area contributed by atoms with Crippen molar-refractivity contribution in [3.63, 3.8) is 0 Å². The quantitative estimate of drug-likeness (QED) is 0.204. The van der Waals surface area contributed by atoms with Gasteiger partial charge in [0.25, 0.3) is 0 Å². The molecule has 0 heterocycles. The molecule has 0 fully saturated rings. The third-order valence-corrected chi connectivity index (χ3v) is 6.90. The Morgan fingerprint density at radius 3 is 2.21 bits per heavy atom. The lowest BCUT2D eigenvalue weighted by Crippen LogP contribution is -2.43. The minimum atomic E-state index is -2.48. The van der Waals surface area contributed by atoms with E-state index in [1.54, 1.807) is 21.3 Å². The van der Waals surface area contributed by atoms with Crippen molar-refractivity contribution in [3.8, 4) is 0 Å². The van der Waals surface area contributed by atoms with Gasteiger partial charge in [0.05, 0.1) is 27.1 Å². The van der Waals surface area contributed by atoms with E-state index < -0.39 is 8.80 Å². The van der Waals surface area contributed by atoms with Crippen molar-refractivity contribution in [3.05, 3.63) is 0 Å². The first-order chi connectivity index (χ1) is 11.3. The molecule has 0 radical (unpaired) electrons. The molecule has 0 unspecified atom stereocenters. The van der Waals surface area contributed by atoms with E-state index in [0.29, 0.717) is 19.6 Å². The number of hydrogen-bond acceptors (Lipinski definition) is 6. The monoisotopic (exact) mass is 365 g/mol. The van der Waals surface area contributed by atoms with Crippen LogP contribution in [0.5, 0.6) is 0 Å². The van der Waals surface area contributed by atoms with Gasteiger partial charge in [-0.15, -0.1) is 0 Å². The van der Waals surface area contributed by atoms with Crippen LogP contribution in [0, 0.1) is 0 Å². The van der Waals surface area contributed by atoms with Crippen LogP contribution in [0.4, 0.5) is 0 Å². The molecule has 1 N–H and O–H groups in total. The zero-order valence-electron chi connectivity index (χ0n) is 16.4. The van der Waals surface area contributed by atoms with Crippen molar-refractivity contribution in [1.29, 1.82) is 0 Å². The van der Waals surface area contributed by atoms with Crippen LogP contribution in [-0.4, -0.2) is 87.5 Å². The summed E-state index contributed by atoms with van der Waals surface area (Å²) in [7, 11) is 6.68. The number of carbonyl (C=O) groups excluding carboxylic acids is 1. The maximum atomic E-state index is 11.7. The first kappa shape index (κ1) is 23.5. The summed E-state index contributed by atoms with van der Waals surface area (Å²) in [5.74, 6) is -0.145. The zero-order chi connectivity index (χ0) is 18.5. The molecule has 0 amide bonds. The summed E-state index contributed by atoms with van der Waals surface area (Å²) in [6.07, 6.45) is 2.40. The normalized spacial score (nSPS) is 12.4. The summed E-state index contributed by atoms with van der Waals surface area (Å²) in [5.41, 5.74) is 0. The molecule has 0 saturated carbocycles. The second kappa shape index (κ2) is 12.8. The van der Waals surface area contributed by atoms with Gasteiger partial charge in [-0.25, -0.2) is 0 Å². The fraction of sp³-hybridized carbons (Fsp3) is 0.938. The van der Waals surface area contributed by atoms with Gasteiger partial charge in [0, 0.05) is 33.9 Å². The van der Waals surface area contributed by atoms with Crippen LogP contribution in [-0.2, 0) is 22.8 Å². The zero-order valence-corrected chi connectivity index (χ0v) is 17.4. The molecule has 8 heteroatoms. The predicted octanol–water partition coefficient (Wildman–Crippen LogP) is 1.26. The van der Waals surface area contributed by atoms with Gasteiger partial charge in [0.1, 0.15) is 13.2 Å². The fourth-order valence-electron chi connectivity index (χ4n) is 2.50. The van der Waals surface area contributed by atoms with Crippen LogP contribution in [0.25, 0.3) is 0 Å². The highest BCUT2D eigenvalue weighted by Crippen LogP contribution is 2.14. The Kier molecular flexibility index (Phi) is 12.5. The lowest BCUT2D eigenvalue weighted by molar-refractivity contribution is -0.890. The highest BCUT2D eigenvalue weighted by atomic mass is 28.4. The van der Waals surface area contributed by atoms with Gasteiger partial charge in [-0.05, 0) is 19.4 Å². The van der Waals surface area contributed by atoms with E-state index in [0.717, 1.165) is 43.0 Å². The van der Waals surface area contributed by atoms with Crippen LogP contribution in [0.2, 0.25) is 6.04 Å². The van der Waals surface area contributed by atoms with E-state index >= 15 is 0 Å². The van der Waals surface area contributed by atoms with E-state index in [2.05, 4.69) is 26.3 Å². The van der Waals surface area contributed by atoms with Crippen LogP contribution in [0.3, 0.4) is 0 Å². The first-order valence-electron chi connectivity index (χ1n) is 8.68. The van der Waals surface area contributed by atoms with Crippen LogP contribution >= 0.6 is 0 Å². The summed E-state index contributed by atoms with van der Waals surface area (Å²) in [6, 6.07) is 0.748. The lowest BCUT2D eigenvalue weighted by atomic mass is 10.3. The Labute approximate surface area is 148 Å². The predicted molar refractivity (Wildman–Crippen MR) is 96.8 cm³/mol. The molecule has 0 aliphatic heterocycles. The van der Waals surface area contributed by atoms with Gasteiger partial charge in [-0.2, -0.15) is 0 Å². The fourth-order valence-corrected chi connectivity index (χ4v) is 4.22. The molecule has 7 nitrogen and oxygen atoms in total. The molecule has 0 aromatic carbocycles. The van der Waals surface area contributed by atoms with E-state index in [9.17, 15) is 4.79 Å². The molecular formula is C16H37N2O5Si+. The number of hydrogen-bond donors (Lipinski definition) is 1. The minimum Gasteiger partial charge on any atom is -0.460 e. The standard InChI is InChI=1S/C16H37N2O5Si/c1-7-12-18(2,3)13-14-23-16(19)9-11-17-10-8-15-24(20-4,21-5)22-6/h17H,7-15H2,1-6H3/q+1. The molecule has 0 rings (SSSR count). The van der Waals surface area contributed by atoms with Crippen LogP contribution < -0.4 is 5.32 Å². The molecule has 0 aromatic heterocycles. The molecular weight excluding hydrogens is 328 g/mol. The van der Waals surface area contributed by atoms with Gasteiger partial charge in [-0.3, -0.25) is 4.79 Å². The highest BCUT2D eigenvalue weighted by molar-refractivity contribution is 6.60. The first-order valence-corrected chi connectivity index (χ1v) is 10.6. The number of ether oxygens (including phenoxy) is 1. The van der Waals surface area contributed by atoms with Crippen LogP contribution in [0.15, 0.2) is 0 Å². The van der Waals surface area contributed by atoms with Gasteiger partial charge < -0.3 is 27.8 Å². The van der Waals surface area contributed by atoms with Gasteiger partial charge in [-0.1, -0.05) is 6.92 Å². The summed E-state index contributed by atoms with van der Waals surface area (Å²) in [6.45, 7) is 6.00. The number of carbonyl (C=O) groups is 1. The van der Waals surface area contributed by atoms with Crippen LogP contribution in [0.1, 0.15) is 26.2 Å². The summed E-state index contributed by atoms with van der Waals surface area (Å²) >= 11 is 0. The third-order valence-electron chi connectivity index (χ3n) is 4.06. The molecule has 24 heavy (non-hydrogen) atoms. The smallest absolute Gasteiger partial charge is 0.460 e. The molecule has 0 spiro atoms. The second-order valence-corrected chi connectivity index (χ2v) is 9.59. The van der Waals surface area contributed by atoms with Crippen molar-refractivity contribution in [2.24, 2.45) is 0 Å². The van der Waals surface area contributed by atoms with Crippen molar-refractivity contribution >= 4 is 14.8 Å². The molecule has 144 valence electrons. The number of nitrogens with zero attached hydrogens (tertiary/aromatic N) is 1. The Morgan fingerprint density at radius 1 is 1.04 bits per heavy atom. The van der Waals surface area contributed by atoms with Gasteiger partial charge in [0.2, 0.25) is 0 Å². The van der Waals surface area contributed by atoms with Crippen molar-refractivity contribution in [2.45, 2.75) is 32.2 Å². The highest BCUT2D eigenvalue weighted by Gasteiger charge is 2.36. The summed E-state index contributed by atoms with van der Waals surface area (Å²) < 4.78 is 22.3. The molecule has 0 aliphatic rings. The molecule has 0 aliphatic carbocycles. The average Bonchev–Trinajstić information content (AvgIpc) is 2.54. The van der Waals surface area contributed by atoms with Crippen molar-refractivity contribution < 1.29 is 27.3 Å². The minimum absolute atomic E-state index is 0.145. The SMILES string of the molecule is CCC[N+](C)(C)CCOC(=O)CCNCCC[Si](OC)(OC)OC. The molecule has 0 aromatic rings. The maximum Gasteiger partial charge on any atom is 0.500 e. The number of nitrogens with one attached hydrogen (secondary N) is 1. The summed E-state index contributed by atoms with van der Waals surface area (Å²) in [5, 5.41) is 3.24. The van der Waals surface area contributed by atoms with E-state index in [1.807, 2.05) is 0 Å². The second-order valence-electron chi connectivity index (χ2n) is 6.50. The Hall–Kier alpha value is -0.513. The van der Waals surface area contributed by atoms with E-state index in [1.165, 1.54) is 0 Å². The molecule has 0 atom stereocenters. The number of rotatable bonds is 15. The largest absolute Gasteiger partial charge is 0.500 e. The molecule has 0 saturated heterocycles. The van der Waals surface area contributed by atoms with E-state index in [4.69, 9.17) is 18.0 Å². The van der Waals surface area contributed by atoms with Gasteiger partial charge >= 0.3 is 14.8 Å². The Morgan fingerprint density at radius 2 is 1.67 bits per heavy atom. The van der Waals surface area contributed by atoms with E-state index in [-0.39, 0.29) is 5.97 Å². The Bertz CT molecular complexity index is 330. The Balaban J connectivity index is 3.69. The number of esters is 1. The average molecular weight is 366 g/mol. The maximum absolute atomic E-state index is 11.7. The third kappa shape index (κ3) is 10.4. The summed E-state index contributed by atoms with van der Waals surface area (Å²) in [4.78, 5) is 11.7. The number of likely N-dealkylation sites (N-methyl/N-ethyl adjacent to an activating group) is 1. The number of quaternary nitrogens is 1. The van der Waals surface area contributed by atoms with Crippen molar-refractivity contribution in [1.82, 2.24) is 5.32 Å². The topological polar surface area (TPSA) is 66.0 Å². The van der Waals surface area contributed by atoms with Crippen molar-refractivity contribution in [2.75, 3.05) is 68.2 Å².